The highest BCUT2D eigenvalue weighted by Crippen LogP contribution is 2.20. The lowest BCUT2D eigenvalue weighted by atomic mass is 10.1. The molecule has 0 amide bonds. The van der Waals surface area contributed by atoms with Crippen molar-refractivity contribution in [2.24, 2.45) is 0 Å². The Morgan fingerprint density at radius 3 is 2.53 bits per heavy atom. The molecule has 88 valence electrons. The van der Waals surface area contributed by atoms with Crippen molar-refractivity contribution in [3.05, 3.63) is 47.4 Å². The van der Waals surface area contributed by atoms with Gasteiger partial charge in [-0.15, -0.1) is 0 Å². The number of hydrogen-bond donors (Lipinski definition) is 1. The Bertz CT molecular complexity index is 558. The van der Waals surface area contributed by atoms with Gasteiger partial charge in [-0.2, -0.15) is 12.6 Å². The number of aromatic nitrogens is 2. The summed E-state index contributed by atoms with van der Waals surface area (Å²) < 4.78 is 25.9. The highest BCUT2D eigenvalue weighted by atomic mass is 32.1. The molecule has 0 spiro atoms. The average Bonchev–Trinajstić information content (AvgIpc) is 2.32. The summed E-state index contributed by atoms with van der Waals surface area (Å²) in [6, 6.07) is 5.42. The molecular formula is C12H10F2N2S. The van der Waals surface area contributed by atoms with Gasteiger partial charge < -0.3 is 0 Å². The van der Waals surface area contributed by atoms with Crippen LogP contribution in [-0.4, -0.2) is 9.97 Å². The van der Waals surface area contributed by atoms with Crippen molar-refractivity contribution in [2.45, 2.75) is 12.7 Å². The molecule has 1 aromatic carbocycles. The Kier molecular flexibility index (Phi) is 3.38. The number of thiol groups is 1. The lowest BCUT2D eigenvalue weighted by molar-refractivity contribution is 0.509. The summed E-state index contributed by atoms with van der Waals surface area (Å²) in [5.41, 5.74) is 1.86. The second-order valence-corrected chi connectivity index (χ2v) is 3.91. The van der Waals surface area contributed by atoms with Crippen LogP contribution in [0.25, 0.3) is 11.3 Å². The number of rotatable bonds is 2. The van der Waals surface area contributed by atoms with Crippen LogP contribution in [0.4, 0.5) is 8.78 Å². The lowest BCUT2D eigenvalue weighted by Gasteiger charge is -2.05. The van der Waals surface area contributed by atoms with Crippen molar-refractivity contribution >= 4 is 12.6 Å². The summed E-state index contributed by atoms with van der Waals surface area (Å²) in [4.78, 5) is 8.38. The standard InChI is InChI=1S/C12H10F2N2S/c1-7-4-11(16-12(6-17)15-7)8-2-3-9(13)10(14)5-8/h2-5,17H,6H2,1H3. The van der Waals surface area contributed by atoms with E-state index < -0.39 is 11.6 Å². The molecule has 0 fully saturated rings. The van der Waals surface area contributed by atoms with E-state index in [9.17, 15) is 8.78 Å². The third kappa shape index (κ3) is 2.61. The van der Waals surface area contributed by atoms with Crippen LogP contribution < -0.4 is 0 Å². The van der Waals surface area contributed by atoms with Crippen molar-refractivity contribution < 1.29 is 8.78 Å². The van der Waals surface area contributed by atoms with Crippen LogP contribution in [0.15, 0.2) is 24.3 Å². The van der Waals surface area contributed by atoms with E-state index in [0.29, 0.717) is 22.8 Å². The highest BCUT2D eigenvalue weighted by Gasteiger charge is 2.07. The molecule has 0 aliphatic rings. The zero-order chi connectivity index (χ0) is 12.4. The van der Waals surface area contributed by atoms with Gasteiger partial charge in [-0.1, -0.05) is 0 Å². The Morgan fingerprint density at radius 2 is 1.88 bits per heavy atom. The summed E-state index contributed by atoms with van der Waals surface area (Å²) in [6.45, 7) is 1.82. The van der Waals surface area contributed by atoms with Gasteiger partial charge in [-0.05, 0) is 31.2 Å². The zero-order valence-electron chi connectivity index (χ0n) is 9.11. The van der Waals surface area contributed by atoms with Crippen LogP contribution >= 0.6 is 12.6 Å². The summed E-state index contributed by atoms with van der Waals surface area (Å²) in [6.07, 6.45) is 0. The molecule has 1 heterocycles. The molecule has 17 heavy (non-hydrogen) atoms. The Hall–Kier alpha value is -1.49. The first kappa shape index (κ1) is 12.0. The van der Waals surface area contributed by atoms with Crippen LogP contribution in [0, 0.1) is 18.6 Å². The largest absolute Gasteiger partial charge is 0.237 e. The molecule has 0 atom stereocenters. The smallest absolute Gasteiger partial charge is 0.159 e. The average molecular weight is 252 g/mol. The van der Waals surface area contributed by atoms with Crippen molar-refractivity contribution in [3.63, 3.8) is 0 Å². The first-order valence-electron chi connectivity index (χ1n) is 5.01. The minimum atomic E-state index is -0.883. The van der Waals surface area contributed by atoms with Crippen molar-refractivity contribution in [2.75, 3.05) is 0 Å². The van der Waals surface area contributed by atoms with Crippen LogP contribution in [0.5, 0.6) is 0 Å². The van der Waals surface area contributed by atoms with Gasteiger partial charge in [-0.25, -0.2) is 18.7 Å². The molecular weight excluding hydrogens is 242 g/mol. The maximum Gasteiger partial charge on any atom is 0.159 e. The van der Waals surface area contributed by atoms with E-state index in [1.54, 1.807) is 6.07 Å². The van der Waals surface area contributed by atoms with E-state index in [0.717, 1.165) is 17.8 Å². The molecule has 0 N–H and O–H groups in total. The number of nitrogens with zero attached hydrogens (tertiary/aromatic N) is 2. The summed E-state index contributed by atoms with van der Waals surface area (Å²) >= 11 is 4.09. The third-order valence-corrected chi connectivity index (χ3v) is 2.54. The molecule has 0 unspecified atom stereocenters. The van der Waals surface area contributed by atoms with Crippen LogP contribution in [-0.2, 0) is 5.75 Å². The van der Waals surface area contributed by atoms with Gasteiger partial charge in [0.05, 0.1) is 11.4 Å². The lowest BCUT2D eigenvalue weighted by Crippen LogP contribution is -1.97. The number of aryl methyl sites for hydroxylation is 1. The molecule has 2 rings (SSSR count). The molecule has 0 aliphatic carbocycles. The van der Waals surface area contributed by atoms with Crippen LogP contribution in [0.2, 0.25) is 0 Å². The molecule has 1 aromatic heterocycles. The SMILES string of the molecule is Cc1cc(-c2ccc(F)c(F)c2)nc(CS)n1. The van der Waals surface area contributed by atoms with Gasteiger partial charge >= 0.3 is 0 Å². The Labute approximate surface area is 103 Å². The van der Waals surface area contributed by atoms with Gasteiger partial charge in [0, 0.05) is 11.3 Å². The fraction of sp³-hybridized carbons (Fsp3) is 0.167. The van der Waals surface area contributed by atoms with Crippen LogP contribution in [0.1, 0.15) is 11.5 Å². The van der Waals surface area contributed by atoms with E-state index >= 15 is 0 Å². The second kappa shape index (κ2) is 4.79. The number of hydrogen-bond acceptors (Lipinski definition) is 3. The topological polar surface area (TPSA) is 25.8 Å². The third-order valence-electron chi connectivity index (χ3n) is 2.26. The maximum atomic E-state index is 13.1. The minimum Gasteiger partial charge on any atom is -0.237 e. The molecule has 2 aromatic rings. The summed E-state index contributed by atoms with van der Waals surface area (Å²) in [5.74, 6) is -0.786. The van der Waals surface area contributed by atoms with Gasteiger partial charge in [0.15, 0.2) is 11.6 Å². The molecule has 5 heteroatoms. The van der Waals surface area contributed by atoms with E-state index in [2.05, 4.69) is 22.6 Å². The highest BCUT2D eigenvalue weighted by molar-refractivity contribution is 7.79. The monoisotopic (exact) mass is 252 g/mol. The fourth-order valence-electron chi connectivity index (χ4n) is 1.50. The van der Waals surface area contributed by atoms with Gasteiger partial charge in [0.2, 0.25) is 0 Å². The van der Waals surface area contributed by atoms with E-state index in [1.807, 2.05) is 6.92 Å². The van der Waals surface area contributed by atoms with Gasteiger partial charge in [0.25, 0.3) is 0 Å². The molecule has 0 saturated heterocycles. The van der Waals surface area contributed by atoms with Crippen molar-refractivity contribution in [1.29, 1.82) is 0 Å². The maximum absolute atomic E-state index is 13.1. The Balaban J connectivity index is 2.52. The summed E-state index contributed by atoms with van der Waals surface area (Å²) in [7, 11) is 0. The first-order valence-corrected chi connectivity index (χ1v) is 5.64. The van der Waals surface area contributed by atoms with Crippen molar-refractivity contribution in [1.82, 2.24) is 9.97 Å². The predicted molar refractivity (Wildman–Crippen MR) is 64.8 cm³/mol. The van der Waals surface area contributed by atoms with Crippen molar-refractivity contribution in [3.8, 4) is 11.3 Å². The molecule has 0 saturated carbocycles. The fourth-order valence-corrected chi connectivity index (χ4v) is 1.65. The first-order chi connectivity index (χ1) is 8.10. The minimum absolute atomic E-state index is 0.401. The van der Waals surface area contributed by atoms with E-state index in [4.69, 9.17) is 0 Å². The normalized spacial score (nSPS) is 10.6. The number of halogens is 2. The molecule has 0 radical (unpaired) electrons. The Morgan fingerprint density at radius 1 is 1.12 bits per heavy atom. The van der Waals surface area contributed by atoms with E-state index in [1.165, 1.54) is 6.07 Å². The van der Waals surface area contributed by atoms with Crippen LogP contribution in [0.3, 0.4) is 0 Å². The molecule has 0 aliphatic heterocycles. The summed E-state index contributed by atoms with van der Waals surface area (Å²) in [5, 5.41) is 0. The van der Waals surface area contributed by atoms with Gasteiger partial charge in [0.1, 0.15) is 5.82 Å². The quantitative estimate of drug-likeness (QED) is 0.831. The molecule has 2 nitrogen and oxygen atoms in total. The zero-order valence-corrected chi connectivity index (χ0v) is 10.0. The predicted octanol–water partition coefficient (Wildman–Crippen LogP) is 3.16. The van der Waals surface area contributed by atoms with Gasteiger partial charge in [-0.3, -0.25) is 0 Å². The molecule has 0 bridgehead atoms. The van der Waals surface area contributed by atoms with E-state index in [-0.39, 0.29) is 0 Å². The number of benzene rings is 1. The second-order valence-electron chi connectivity index (χ2n) is 3.60.